The second kappa shape index (κ2) is 5.36. The molecule has 0 heterocycles. The highest BCUT2D eigenvalue weighted by Gasteiger charge is 1.95. The molecule has 0 saturated heterocycles. The lowest BCUT2D eigenvalue weighted by molar-refractivity contribution is -0.141. The Kier molecular flexibility index (Phi) is 4.04. The fourth-order valence-electron chi connectivity index (χ4n) is 0.933. The topological polar surface area (TPSA) is 12.5 Å². The number of benzene rings is 1. The van der Waals surface area contributed by atoms with Gasteiger partial charge < -0.3 is 0 Å². The highest BCUT2D eigenvalue weighted by Crippen LogP contribution is 2.01. The first-order valence-electron chi connectivity index (χ1n) is 4.14. The predicted molar refractivity (Wildman–Crippen MR) is 52.7 cm³/mol. The van der Waals surface area contributed by atoms with Crippen LogP contribution in [-0.4, -0.2) is 18.7 Å². The van der Waals surface area contributed by atoms with E-state index in [1.807, 2.05) is 37.4 Å². The van der Waals surface area contributed by atoms with Crippen LogP contribution in [0.1, 0.15) is 5.56 Å². The van der Waals surface area contributed by atoms with E-state index < -0.39 is 0 Å². The van der Waals surface area contributed by atoms with Gasteiger partial charge in [0.15, 0.2) is 0 Å². The van der Waals surface area contributed by atoms with Crippen LogP contribution in [0.25, 0.3) is 0 Å². The smallest absolute Gasteiger partial charge is 0.0936 e. The fourth-order valence-corrected chi connectivity index (χ4v) is 0.933. The Morgan fingerprint density at radius 2 is 2.08 bits per heavy atom. The molecular weight excluding hydrogens is 162 g/mol. The third kappa shape index (κ3) is 3.75. The van der Waals surface area contributed by atoms with E-state index in [-0.39, 0.29) is 0 Å². The Labute approximate surface area is 79.1 Å². The number of hydrogen-bond donors (Lipinski definition) is 0. The van der Waals surface area contributed by atoms with E-state index in [4.69, 9.17) is 11.3 Å². The molecule has 0 aliphatic rings. The maximum atomic E-state index is 5.36. The first-order valence-corrected chi connectivity index (χ1v) is 4.14. The minimum Gasteiger partial charge on any atom is -0.294 e. The normalized spacial score (nSPS) is 9.92. The van der Waals surface area contributed by atoms with Gasteiger partial charge in [-0.3, -0.25) is 4.84 Å². The van der Waals surface area contributed by atoms with Crippen LogP contribution in [0.2, 0.25) is 0 Å². The number of hydrogen-bond acceptors (Lipinski definition) is 2. The van der Waals surface area contributed by atoms with Crippen molar-refractivity contribution in [1.82, 2.24) is 5.06 Å². The molecule has 0 unspecified atom stereocenters. The van der Waals surface area contributed by atoms with Crippen molar-refractivity contribution in [3.05, 3.63) is 35.9 Å². The number of rotatable bonds is 4. The molecule has 0 fully saturated rings. The molecule has 0 saturated carbocycles. The summed E-state index contributed by atoms with van der Waals surface area (Å²) < 4.78 is 0. The molecule has 1 aromatic rings. The molecule has 1 rings (SSSR count). The highest BCUT2D eigenvalue weighted by molar-refractivity contribution is 5.13. The van der Waals surface area contributed by atoms with Gasteiger partial charge in [0.25, 0.3) is 0 Å². The molecule has 1 aromatic carbocycles. The van der Waals surface area contributed by atoms with Gasteiger partial charge >= 0.3 is 0 Å². The van der Waals surface area contributed by atoms with Gasteiger partial charge in [0.1, 0.15) is 0 Å². The summed E-state index contributed by atoms with van der Waals surface area (Å²) in [7, 11) is 1.82. The van der Waals surface area contributed by atoms with Crippen LogP contribution < -0.4 is 0 Å². The van der Waals surface area contributed by atoms with E-state index in [0.717, 1.165) is 5.56 Å². The Morgan fingerprint density at radius 1 is 1.38 bits per heavy atom. The summed E-state index contributed by atoms with van der Waals surface area (Å²) in [5.41, 5.74) is 1.14. The predicted octanol–water partition coefficient (Wildman–Crippen LogP) is 1.68. The van der Waals surface area contributed by atoms with Gasteiger partial charge in [-0.25, -0.2) is 0 Å². The van der Waals surface area contributed by atoms with Crippen molar-refractivity contribution >= 4 is 0 Å². The molecular formula is C11H13NO. The van der Waals surface area contributed by atoms with Crippen LogP contribution in [0.3, 0.4) is 0 Å². The lowest BCUT2D eigenvalue weighted by Crippen LogP contribution is -2.18. The summed E-state index contributed by atoms with van der Waals surface area (Å²) in [6, 6.07) is 9.99. The highest BCUT2D eigenvalue weighted by atomic mass is 16.7. The van der Waals surface area contributed by atoms with Gasteiger partial charge in [0.05, 0.1) is 13.2 Å². The summed E-state index contributed by atoms with van der Waals surface area (Å²) in [5, 5.41) is 1.65. The van der Waals surface area contributed by atoms with Crippen LogP contribution in [0, 0.1) is 12.3 Å². The average molecular weight is 175 g/mol. The Balaban J connectivity index is 2.32. The molecule has 0 N–H and O–H groups in total. The fraction of sp³-hybridized carbons (Fsp3) is 0.273. The van der Waals surface area contributed by atoms with Crippen LogP contribution >= 0.6 is 0 Å². The van der Waals surface area contributed by atoms with Gasteiger partial charge in [-0.05, 0) is 5.56 Å². The van der Waals surface area contributed by atoms with E-state index >= 15 is 0 Å². The quantitative estimate of drug-likeness (QED) is 0.510. The molecule has 0 bridgehead atoms. The van der Waals surface area contributed by atoms with Crippen molar-refractivity contribution in [3.63, 3.8) is 0 Å². The SMILES string of the molecule is C#CCN(C)OCc1ccccc1. The van der Waals surface area contributed by atoms with E-state index in [1.54, 1.807) is 5.06 Å². The van der Waals surface area contributed by atoms with Gasteiger partial charge in [0, 0.05) is 7.05 Å². The summed E-state index contributed by atoms with van der Waals surface area (Å²) in [6.45, 7) is 1.08. The average Bonchev–Trinajstić information content (AvgIpc) is 2.17. The molecule has 2 heteroatoms. The Hall–Kier alpha value is -1.30. The van der Waals surface area contributed by atoms with E-state index in [0.29, 0.717) is 13.2 Å². The molecule has 0 radical (unpaired) electrons. The standard InChI is InChI=1S/C11H13NO/c1-3-9-12(2)13-10-11-7-5-4-6-8-11/h1,4-8H,9-10H2,2H3. The second-order valence-corrected chi connectivity index (χ2v) is 2.75. The molecule has 0 aromatic heterocycles. The summed E-state index contributed by atoms with van der Waals surface area (Å²) in [4.78, 5) is 5.36. The molecule has 0 aliphatic carbocycles. The molecule has 0 atom stereocenters. The summed E-state index contributed by atoms with van der Waals surface area (Å²) in [6.07, 6.45) is 5.13. The van der Waals surface area contributed by atoms with Crippen molar-refractivity contribution in [1.29, 1.82) is 0 Å². The first-order chi connectivity index (χ1) is 6.33. The summed E-state index contributed by atoms with van der Waals surface area (Å²) >= 11 is 0. The molecule has 0 aliphatic heterocycles. The zero-order valence-electron chi connectivity index (χ0n) is 7.73. The van der Waals surface area contributed by atoms with E-state index in [1.165, 1.54) is 0 Å². The minimum atomic E-state index is 0.507. The molecule has 0 spiro atoms. The molecule has 13 heavy (non-hydrogen) atoms. The zero-order valence-corrected chi connectivity index (χ0v) is 7.73. The molecule has 68 valence electrons. The van der Waals surface area contributed by atoms with Crippen molar-refractivity contribution in [2.75, 3.05) is 13.6 Å². The second-order valence-electron chi connectivity index (χ2n) is 2.75. The van der Waals surface area contributed by atoms with Gasteiger partial charge in [-0.15, -0.1) is 6.42 Å². The van der Waals surface area contributed by atoms with Gasteiger partial charge in [0.2, 0.25) is 0 Å². The number of terminal acetylenes is 1. The zero-order chi connectivity index (χ0) is 9.52. The van der Waals surface area contributed by atoms with Crippen molar-refractivity contribution in [3.8, 4) is 12.3 Å². The third-order valence-corrected chi connectivity index (χ3v) is 1.61. The third-order valence-electron chi connectivity index (χ3n) is 1.61. The largest absolute Gasteiger partial charge is 0.294 e. The van der Waals surface area contributed by atoms with Crippen molar-refractivity contribution in [2.45, 2.75) is 6.61 Å². The Morgan fingerprint density at radius 3 is 2.69 bits per heavy atom. The lowest BCUT2D eigenvalue weighted by Gasteiger charge is -2.12. The lowest BCUT2D eigenvalue weighted by atomic mass is 10.2. The number of hydroxylamine groups is 2. The van der Waals surface area contributed by atoms with Crippen LogP contribution in [-0.2, 0) is 11.4 Å². The van der Waals surface area contributed by atoms with Crippen LogP contribution in [0.5, 0.6) is 0 Å². The van der Waals surface area contributed by atoms with E-state index in [9.17, 15) is 0 Å². The van der Waals surface area contributed by atoms with Crippen LogP contribution in [0.4, 0.5) is 0 Å². The van der Waals surface area contributed by atoms with Gasteiger partial charge in [-0.1, -0.05) is 36.3 Å². The van der Waals surface area contributed by atoms with Crippen molar-refractivity contribution < 1.29 is 4.84 Å². The number of nitrogens with zero attached hydrogens (tertiary/aromatic N) is 1. The van der Waals surface area contributed by atoms with Crippen molar-refractivity contribution in [2.24, 2.45) is 0 Å². The van der Waals surface area contributed by atoms with Gasteiger partial charge in [-0.2, -0.15) is 5.06 Å². The Bertz CT molecular complexity index is 276. The minimum absolute atomic E-state index is 0.507. The maximum Gasteiger partial charge on any atom is 0.0936 e. The van der Waals surface area contributed by atoms with E-state index in [2.05, 4.69) is 5.92 Å². The maximum absolute atomic E-state index is 5.36. The monoisotopic (exact) mass is 175 g/mol. The molecule has 2 nitrogen and oxygen atoms in total. The van der Waals surface area contributed by atoms with Crippen LogP contribution in [0.15, 0.2) is 30.3 Å². The molecule has 0 amide bonds. The summed E-state index contributed by atoms with van der Waals surface area (Å²) in [5.74, 6) is 2.50. The first kappa shape index (κ1) is 9.79.